The van der Waals surface area contributed by atoms with Crippen molar-refractivity contribution in [2.75, 3.05) is 18.0 Å². The van der Waals surface area contributed by atoms with Gasteiger partial charge < -0.3 is 4.74 Å². The molecule has 0 fully saturated rings. The van der Waals surface area contributed by atoms with Crippen molar-refractivity contribution in [3.8, 4) is 0 Å². The summed E-state index contributed by atoms with van der Waals surface area (Å²) in [6, 6.07) is 9.80. The number of carbonyl (C=O) groups excluding carboxylic acids is 1. The normalized spacial score (nSPS) is 11.2. The minimum atomic E-state index is -4.05. The van der Waals surface area contributed by atoms with Gasteiger partial charge in [-0.25, -0.2) is 8.42 Å². The Hall–Kier alpha value is -1.47. The Morgan fingerprint density at radius 2 is 1.54 bits per heavy atom. The second-order valence-corrected chi connectivity index (χ2v) is 7.84. The number of benzene rings is 2. The molecule has 0 saturated heterocycles. The van der Waals surface area contributed by atoms with Gasteiger partial charge in [-0.05, 0) is 42.5 Å². The highest BCUT2D eigenvalue weighted by atomic mass is 35.5. The lowest BCUT2D eigenvalue weighted by Gasteiger charge is -2.23. The number of nitrogens with zero attached hydrogens (tertiary/aromatic N) is 1. The number of halogens is 3. The highest BCUT2D eigenvalue weighted by Crippen LogP contribution is 2.30. The summed E-state index contributed by atoms with van der Waals surface area (Å²) in [5.41, 5.74) is 0.146. The predicted octanol–water partition coefficient (Wildman–Crippen LogP) is 4.02. The summed E-state index contributed by atoms with van der Waals surface area (Å²) >= 11 is 17.7. The maximum absolute atomic E-state index is 12.9. The monoisotopic (exact) mass is 407 g/mol. The Bertz CT molecular complexity index is 833. The zero-order valence-electron chi connectivity index (χ0n) is 12.4. The van der Waals surface area contributed by atoms with E-state index in [9.17, 15) is 13.2 Å². The fourth-order valence-corrected chi connectivity index (χ4v) is 3.95. The third-order valence-electron chi connectivity index (χ3n) is 3.04. The van der Waals surface area contributed by atoms with E-state index in [-0.39, 0.29) is 20.6 Å². The second-order valence-electron chi connectivity index (χ2n) is 4.67. The van der Waals surface area contributed by atoms with Crippen LogP contribution in [0.4, 0.5) is 5.69 Å². The first kappa shape index (κ1) is 18.9. The highest BCUT2D eigenvalue weighted by Gasteiger charge is 2.28. The van der Waals surface area contributed by atoms with E-state index in [1.54, 1.807) is 0 Å². The molecule has 0 aliphatic carbocycles. The van der Waals surface area contributed by atoms with Crippen LogP contribution >= 0.6 is 34.8 Å². The molecule has 0 bridgehead atoms. The number of hydrogen-bond donors (Lipinski definition) is 0. The zero-order chi connectivity index (χ0) is 17.9. The fourth-order valence-electron chi connectivity index (χ4n) is 1.91. The molecule has 9 heteroatoms. The van der Waals surface area contributed by atoms with Gasteiger partial charge in [-0.15, -0.1) is 0 Å². The average molecular weight is 409 g/mol. The average Bonchev–Trinajstić information content (AvgIpc) is 2.51. The fraction of sp³-hybridized carbons (Fsp3) is 0.133. The lowest BCUT2D eigenvalue weighted by molar-refractivity contribution is -0.138. The lowest BCUT2D eigenvalue weighted by Crippen LogP contribution is -2.36. The first-order chi connectivity index (χ1) is 11.2. The maximum Gasteiger partial charge on any atom is 0.326 e. The SMILES string of the molecule is COC(=O)CN(c1cc(Cl)cc(Cl)c1)S(=O)(=O)c1ccc(Cl)cc1. The smallest absolute Gasteiger partial charge is 0.326 e. The molecule has 0 aliphatic heterocycles. The van der Waals surface area contributed by atoms with E-state index < -0.39 is 22.5 Å². The van der Waals surface area contributed by atoms with E-state index in [0.29, 0.717) is 5.02 Å². The molecular weight excluding hydrogens is 397 g/mol. The molecule has 0 N–H and O–H groups in total. The van der Waals surface area contributed by atoms with Gasteiger partial charge >= 0.3 is 5.97 Å². The number of methoxy groups -OCH3 is 1. The van der Waals surface area contributed by atoms with Gasteiger partial charge in [0.1, 0.15) is 6.54 Å². The standard InChI is InChI=1S/C15H12Cl3NO4S/c1-23-15(20)9-19(13-7-11(17)6-12(18)8-13)24(21,22)14-4-2-10(16)3-5-14/h2-8H,9H2,1H3. The van der Waals surface area contributed by atoms with E-state index in [1.165, 1.54) is 49.6 Å². The maximum atomic E-state index is 12.9. The number of carbonyl (C=O) groups is 1. The molecule has 2 rings (SSSR count). The largest absolute Gasteiger partial charge is 0.468 e. The van der Waals surface area contributed by atoms with Crippen LogP contribution in [-0.2, 0) is 19.6 Å². The lowest BCUT2D eigenvalue weighted by atomic mass is 10.3. The summed E-state index contributed by atoms with van der Waals surface area (Å²) < 4.78 is 31.3. The van der Waals surface area contributed by atoms with Crippen molar-refractivity contribution in [1.82, 2.24) is 0 Å². The van der Waals surface area contributed by atoms with Crippen molar-refractivity contribution < 1.29 is 17.9 Å². The summed E-state index contributed by atoms with van der Waals surface area (Å²) in [5, 5.41) is 0.858. The molecule has 0 spiro atoms. The van der Waals surface area contributed by atoms with Crippen LogP contribution in [0.15, 0.2) is 47.4 Å². The molecule has 128 valence electrons. The van der Waals surface area contributed by atoms with Crippen LogP contribution in [-0.4, -0.2) is 28.0 Å². The highest BCUT2D eigenvalue weighted by molar-refractivity contribution is 7.92. The molecule has 0 aromatic heterocycles. The third kappa shape index (κ3) is 4.33. The van der Waals surface area contributed by atoms with Crippen LogP contribution in [0.1, 0.15) is 0 Å². The van der Waals surface area contributed by atoms with Gasteiger partial charge in [0.2, 0.25) is 0 Å². The van der Waals surface area contributed by atoms with Gasteiger partial charge in [0.15, 0.2) is 0 Å². The van der Waals surface area contributed by atoms with Gasteiger partial charge in [-0.1, -0.05) is 34.8 Å². The topological polar surface area (TPSA) is 63.7 Å². The predicted molar refractivity (Wildman–Crippen MR) is 94.5 cm³/mol. The molecule has 0 radical (unpaired) electrons. The number of anilines is 1. The Morgan fingerprint density at radius 3 is 2.04 bits per heavy atom. The van der Waals surface area contributed by atoms with Crippen molar-refractivity contribution in [2.45, 2.75) is 4.90 Å². The number of rotatable bonds is 5. The van der Waals surface area contributed by atoms with Crippen molar-refractivity contribution in [3.63, 3.8) is 0 Å². The first-order valence-electron chi connectivity index (χ1n) is 6.55. The van der Waals surface area contributed by atoms with Crippen LogP contribution in [0, 0.1) is 0 Å². The Balaban J connectivity index is 2.56. The van der Waals surface area contributed by atoms with Gasteiger partial charge in [0, 0.05) is 15.1 Å². The summed E-state index contributed by atoms with van der Waals surface area (Å²) in [7, 11) is -2.89. The molecule has 0 aliphatic rings. The zero-order valence-corrected chi connectivity index (χ0v) is 15.5. The minimum Gasteiger partial charge on any atom is -0.468 e. The molecule has 2 aromatic rings. The molecule has 5 nitrogen and oxygen atoms in total. The number of ether oxygens (including phenoxy) is 1. The van der Waals surface area contributed by atoms with Gasteiger partial charge in [-0.3, -0.25) is 9.10 Å². The summed E-state index contributed by atoms with van der Waals surface area (Å²) in [6.07, 6.45) is 0. The van der Waals surface area contributed by atoms with E-state index in [4.69, 9.17) is 34.8 Å². The van der Waals surface area contributed by atoms with Gasteiger partial charge in [-0.2, -0.15) is 0 Å². The van der Waals surface area contributed by atoms with Crippen LogP contribution in [0.5, 0.6) is 0 Å². The van der Waals surface area contributed by atoms with Crippen LogP contribution in [0.25, 0.3) is 0 Å². The first-order valence-corrected chi connectivity index (χ1v) is 9.12. The summed E-state index contributed by atoms with van der Waals surface area (Å²) in [6.45, 7) is -0.530. The van der Waals surface area contributed by atoms with E-state index in [2.05, 4.69) is 4.74 Å². The quantitative estimate of drug-likeness (QED) is 0.701. The van der Waals surface area contributed by atoms with E-state index in [0.717, 1.165) is 4.31 Å². The molecule has 0 unspecified atom stereocenters. The third-order valence-corrected chi connectivity index (χ3v) is 5.51. The minimum absolute atomic E-state index is 0.0353. The second kappa shape index (κ2) is 7.61. The van der Waals surface area contributed by atoms with Gasteiger partial charge in [0.05, 0.1) is 17.7 Å². The Morgan fingerprint density at radius 1 is 1.00 bits per heavy atom. The number of hydrogen-bond acceptors (Lipinski definition) is 4. The van der Waals surface area contributed by atoms with Crippen molar-refractivity contribution in [2.24, 2.45) is 0 Å². The summed E-state index contributed by atoms with van der Waals surface area (Å²) in [5.74, 6) is -0.733. The van der Waals surface area contributed by atoms with Crippen LogP contribution < -0.4 is 4.31 Å². The molecular formula is C15H12Cl3NO4S. The molecule has 0 saturated carbocycles. The Labute approximate surface area is 154 Å². The van der Waals surface area contributed by atoms with E-state index >= 15 is 0 Å². The molecule has 0 atom stereocenters. The van der Waals surface area contributed by atoms with Crippen LogP contribution in [0.2, 0.25) is 15.1 Å². The Kier molecular flexibility index (Phi) is 5.98. The van der Waals surface area contributed by atoms with Crippen molar-refractivity contribution >= 4 is 56.5 Å². The van der Waals surface area contributed by atoms with Crippen molar-refractivity contribution in [3.05, 3.63) is 57.5 Å². The molecule has 0 heterocycles. The molecule has 24 heavy (non-hydrogen) atoms. The van der Waals surface area contributed by atoms with E-state index in [1.807, 2.05) is 0 Å². The summed E-state index contributed by atoms with van der Waals surface area (Å²) in [4.78, 5) is 11.6. The number of sulfonamides is 1. The van der Waals surface area contributed by atoms with Gasteiger partial charge in [0.25, 0.3) is 10.0 Å². The molecule has 2 aromatic carbocycles. The van der Waals surface area contributed by atoms with Crippen LogP contribution in [0.3, 0.4) is 0 Å². The molecule has 0 amide bonds. The number of esters is 1. The van der Waals surface area contributed by atoms with Crippen molar-refractivity contribution in [1.29, 1.82) is 0 Å².